The van der Waals surface area contributed by atoms with Gasteiger partial charge in [0.2, 0.25) is 5.91 Å². The van der Waals surface area contributed by atoms with E-state index in [9.17, 15) is 14.9 Å². The molecule has 0 aliphatic carbocycles. The Morgan fingerprint density at radius 3 is 2.24 bits per heavy atom. The maximum absolute atomic E-state index is 12.1. The molecule has 2 aromatic rings. The Morgan fingerprint density at radius 2 is 1.72 bits per heavy atom. The number of carbonyl (C=O) groups is 1. The van der Waals surface area contributed by atoms with Crippen LogP contribution in [0.25, 0.3) is 0 Å². The fourth-order valence-electron chi connectivity index (χ4n) is 2.49. The number of amides is 1. The van der Waals surface area contributed by atoms with Gasteiger partial charge in [0.25, 0.3) is 5.69 Å². The van der Waals surface area contributed by atoms with Crippen LogP contribution in [0.3, 0.4) is 0 Å². The quantitative estimate of drug-likeness (QED) is 0.614. The molecule has 0 radical (unpaired) electrons. The summed E-state index contributed by atoms with van der Waals surface area (Å²) in [4.78, 5) is 24.2. The third-order valence-electron chi connectivity index (χ3n) is 3.87. The van der Waals surface area contributed by atoms with Gasteiger partial charge >= 0.3 is 0 Å². The van der Waals surface area contributed by atoms with Gasteiger partial charge in [-0.3, -0.25) is 19.8 Å². The lowest BCUT2D eigenvalue weighted by Crippen LogP contribution is -2.29. The highest BCUT2D eigenvalue weighted by molar-refractivity contribution is 5.92. The first-order chi connectivity index (χ1) is 11.8. The molecule has 0 bridgehead atoms. The third kappa shape index (κ3) is 5.69. The molecule has 6 nitrogen and oxygen atoms in total. The SMILES string of the molecule is CC(C)c1ccc(CN(C)CC(=O)Nc2ccc([N+](=O)[O-])cc2)cc1. The van der Waals surface area contributed by atoms with Crippen LogP contribution in [0, 0.1) is 10.1 Å². The molecule has 1 N–H and O–H groups in total. The Morgan fingerprint density at radius 1 is 1.12 bits per heavy atom. The van der Waals surface area contributed by atoms with Gasteiger partial charge < -0.3 is 5.32 Å². The van der Waals surface area contributed by atoms with Crippen LogP contribution in [0.5, 0.6) is 0 Å². The zero-order valence-electron chi connectivity index (χ0n) is 14.7. The van der Waals surface area contributed by atoms with Crippen molar-refractivity contribution in [1.29, 1.82) is 0 Å². The molecule has 2 aromatic carbocycles. The highest BCUT2D eigenvalue weighted by atomic mass is 16.6. The Kier molecular flexibility index (Phi) is 6.25. The van der Waals surface area contributed by atoms with Crippen LogP contribution >= 0.6 is 0 Å². The molecule has 0 saturated heterocycles. The van der Waals surface area contributed by atoms with Crippen molar-refractivity contribution in [3.05, 3.63) is 69.8 Å². The number of hydrogen-bond acceptors (Lipinski definition) is 4. The number of non-ortho nitro benzene ring substituents is 1. The lowest BCUT2D eigenvalue weighted by Gasteiger charge is -2.17. The molecule has 0 aromatic heterocycles. The molecule has 0 unspecified atom stereocenters. The van der Waals surface area contributed by atoms with Crippen molar-refractivity contribution in [3.63, 3.8) is 0 Å². The van der Waals surface area contributed by atoms with Crippen molar-refractivity contribution in [2.75, 3.05) is 18.9 Å². The second-order valence-electron chi connectivity index (χ2n) is 6.42. The summed E-state index contributed by atoms with van der Waals surface area (Å²) >= 11 is 0. The van der Waals surface area contributed by atoms with Crippen molar-refractivity contribution in [1.82, 2.24) is 4.90 Å². The van der Waals surface area contributed by atoms with E-state index in [0.717, 1.165) is 5.56 Å². The van der Waals surface area contributed by atoms with Crippen LogP contribution in [0.15, 0.2) is 48.5 Å². The molecule has 132 valence electrons. The molecule has 2 rings (SSSR count). The molecular weight excluding hydrogens is 318 g/mol. The normalized spacial score (nSPS) is 10.9. The Bertz CT molecular complexity index is 725. The summed E-state index contributed by atoms with van der Waals surface area (Å²) in [7, 11) is 1.88. The highest BCUT2D eigenvalue weighted by Gasteiger charge is 2.09. The number of benzene rings is 2. The van der Waals surface area contributed by atoms with Gasteiger partial charge in [0.05, 0.1) is 11.5 Å². The Balaban J connectivity index is 1.86. The monoisotopic (exact) mass is 341 g/mol. The number of likely N-dealkylation sites (N-methyl/N-ethyl adjacent to an activating group) is 1. The van der Waals surface area contributed by atoms with Crippen LogP contribution in [0.4, 0.5) is 11.4 Å². The van der Waals surface area contributed by atoms with Crippen molar-refractivity contribution in [3.8, 4) is 0 Å². The number of nitro benzene ring substituents is 1. The smallest absolute Gasteiger partial charge is 0.269 e. The molecule has 0 saturated carbocycles. The standard InChI is InChI=1S/C19H23N3O3/c1-14(2)16-6-4-15(5-7-16)12-21(3)13-19(23)20-17-8-10-18(11-9-17)22(24)25/h4-11,14H,12-13H2,1-3H3,(H,20,23). The summed E-state index contributed by atoms with van der Waals surface area (Å²) in [6.45, 7) is 5.22. The van der Waals surface area contributed by atoms with Gasteiger partial charge in [-0.15, -0.1) is 0 Å². The van der Waals surface area contributed by atoms with Gasteiger partial charge in [0.1, 0.15) is 0 Å². The van der Waals surface area contributed by atoms with Gasteiger partial charge in [-0.05, 0) is 36.2 Å². The minimum atomic E-state index is -0.468. The maximum Gasteiger partial charge on any atom is 0.269 e. The van der Waals surface area contributed by atoms with E-state index in [1.54, 1.807) is 0 Å². The first-order valence-electron chi connectivity index (χ1n) is 8.17. The summed E-state index contributed by atoms with van der Waals surface area (Å²) < 4.78 is 0. The van der Waals surface area contributed by atoms with Gasteiger partial charge in [-0.1, -0.05) is 38.1 Å². The molecule has 0 aliphatic rings. The largest absolute Gasteiger partial charge is 0.325 e. The van der Waals surface area contributed by atoms with Crippen LogP contribution in [-0.2, 0) is 11.3 Å². The van der Waals surface area contributed by atoms with E-state index in [0.29, 0.717) is 18.2 Å². The molecule has 0 heterocycles. The average Bonchev–Trinajstić information content (AvgIpc) is 2.55. The molecule has 0 spiro atoms. The average molecular weight is 341 g/mol. The topological polar surface area (TPSA) is 75.5 Å². The van der Waals surface area contributed by atoms with E-state index < -0.39 is 4.92 Å². The van der Waals surface area contributed by atoms with Gasteiger partial charge in [-0.2, -0.15) is 0 Å². The first kappa shape index (κ1) is 18.6. The lowest BCUT2D eigenvalue weighted by atomic mass is 10.0. The van der Waals surface area contributed by atoms with E-state index in [2.05, 4.69) is 43.4 Å². The number of carbonyl (C=O) groups excluding carboxylic acids is 1. The number of nitrogens with one attached hydrogen (secondary N) is 1. The molecule has 0 atom stereocenters. The summed E-state index contributed by atoms with van der Waals surface area (Å²) in [5, 5.41) is 13.4. The number of rotatable bonds is 7. The van der Waals surface area contributed by atoms with Crippen LogP contribution in [0.2, 0.25) is 0 Å². The summed E-state index contributed by atoms with van der Waals surface area (Å²) in [5.41, 5.74) is 2.99. The maximum atomic E-state index is 12.1. The van der Waals surface area contributed by atoms with Crippen molar-refractivity contribution < 1.29 is 9.72 Å². The molecule has 25 heavy (non-hydrogen) atoms. The molecule has 0 fully saturated rings. The minimum Gasteiger partial charge on any atom is -0.325 e. The molecule has 0 aliphatic heterocycles. The van der Waals surface area contributed by atoms with Crippen LogP contribution in [0.1, 0.15) is 30.9 Å². The van der Waals surface area contributed by atoms with E-state index >= 15 is 0 Å². The summed E-state index contributed by atoms with van der Waals surface area (Å²) in [6, 6.07) is 14.2. The fourth-order valence-corrected chi connectivity index (χ4v) is 2.49. The Hall–Kier alpha value is -2.73. The lowest BCUT2D eigenvalue weighted by molar-refractivity contribution is -0.384. The van der Waals surface area contributed by atoms with E-state index in [1.165, 1.54) is 29.8 Å². The van der Waals surface area contributed by atoms with E-state index in [4.69, 9.17) is 0 Å². The van der Waals surface area contributed by atoms with Gasteiger partial charge in [0.15, 0.2) is 0 Å². The number of nitrogens with zero attached hydrogens (tertiary/aromatic N) is 2. The highest BCUT2D eigenvalue weighted by Crippen LogP contribution is 2.16. The third-order valence-corrected chi connectivity index (χ3v) is 3.87. The zero-order chi connectivity index (χ0) is 18.4. The zero-order valence-corrected chi connectivity index (χ0v) is 14.7. The van der Waals surface area contributed by atoms with Crippen molar-refractivity contribution in [2.24, 2.45) is 0 Å². The molecular formula is C19H23N3O3. The van der Waals surface area contributed by atoms with Crippen molar-refractivity contribution >= 4 is 17.3 Å². The summed E-state index contributed by atoms with van der Waals surface area (Å²) in [6.07, 6.45) is 0. The second kappa shape index (κ2) is 8.39. The van der Waals surface area contributed by atoms with Crippen molar-refractivity contribution in [2.45, 2.75) is 26.3 Å². The summed E-state index contributed by atoms with van der Waals surface area (Å²) in [5.74, 6) is 0.342. The fraction of sp³-hybridized carbons (Fsp3) is 0.316. The van der Waals surface area contributed by atoms with Gasteiger partial charge in [0, 0.05) is 24.4 Å². The van der Waals surface area contributed by atoms with E-state index in [-0.39, 0.29) is 18.1 Å². The Labute approximate surface area is 147 Å². The van der Waals surface area contributed by atoms with Crippen LogP contribution in [-0.4, -0.2) is 29.3 Å². The van der Waals surface area contributed by atoms with E-state index in [1.807, 2.05) is 11.9 Å². The predicted octanol–water partition coefficient (Wildman–Crippen LogP) is 3.79. The molecule has 6 heteroatoms. The van der Waals surface area contributed by atoms with Crippen LogP contribution < -0.4 is 5.32 Å². The number of hydrogen-bond donors (Lipinski definition) is 1. The second-order valence-corrected chi connectivity index (χ2v) is 6.42. The number of nitro groups is 1. The predicted molar refractivity (Wildman–Crippen MR) is 98.6 cm³/mol. The van der Waals surface area contributed by atoms with Gasteiger partial charge in [-0.25, -0.2) is 0 Å². The molecule has 1 amide bonds. The minimum absolute atomic E-state index is 0.0000356. The number of anilines is 1. The first-order valence-corrected chi connectivity index (χ1v) is 8.17.